The van der Waals surface area contributed by atoms with E-state index in [-0.39, 0.29) is 18.4 Å². The number of carboxylic acids is 1. The Morgan fingerprint density at radius 2 is 1.88 bits per heavy atom. The summed E-state index contributed by atoms with van der Waals surface area (Å²) in [5.74, 6) is -1.55. The monoisotopic (exact) mass is 330 g/mol. The zero-order chi connectivity index (χ0) is 17.1. The normalized spacial score (nSPS) is 22.5. The number of carbonyl (C=O) groups is 3. The van der Waals surface area contributed by atoms with Gasteiger partial charge in [0.2, 0.25) is 11.8 Å². The number of piperidine rings is 1. The average Bonchev–Trinajstić information content (AvgIpc) is 3.08. The van der Waals surface area contributed by atoms with Gasteiger partial charge in [0.15, 0.2) is 0 Å². The molecule has 2 amide bonds. The van der Waals surface area contributed by atoms with Crippen molar-refractivity contribution in [2.24, 2.45) is 5.92 Å². The van der Waals surface area contributed by atoms with Crippen LogP contribution >= 0.6 is 0 Å². The standard InChI is InChI=1S/C18H22N2O4/c21-15-8-4-5-10-20(15)16(13-6-2-1-3-7-13)17(22)19-11-9-14(12-19)18(23)24/h1-3,6-7,14,16H,4-5,8-12H2,(H,23,24)/t14-,16-/m0/s1. The van der Waals surface area contributed by atoms with Crippen LogP contribution in [0.25, 0.3) is 0 Å². The van der Waals surface area contributed by atoms with E-state index in [4.69, 9.17) is 5.11 Å². The lowest BCUT2D eigenvalue weighted by Crippen LogP contribution is -2.46. The number of carbonyl (C=O) groups excluding carboxylic acids is 2. The molecule has 1 aromatic rings. The third-order valence-corrected chi connectivity index (χ3v) is 4.87. The molecule has 0 unspecified atom stereocenters. The summed E-state index contributed by atoms with van der Waals surface area (Å²) in [5, 5.41) is 9.16. The van der Waals surface area contributed by atoms with Crippen molar-refractivity contribution in [1.82, 2.24) is 9.80 Å². The lowest BCUT2D eigenvalue weighted by molar-refractivity contribution is -0.148. The number of benzene rings is 1. The molecule has 0 bridgehead atoms. The molecule has 2 heterocycles. The van der Waals surface area contributed by atoms with Crippen LogP contribution in [0, 0.1) is 5.92 Å². The number of hydrogen-bond acceptors (Lipinski definition) is 3. The minimum atomic E-state index is -0.865. The molecule has 1 N–H and O–H groups in total. The first-order chi connectivity index (χ1) is 11.6. The number of rotatable bonds is 4. The van der Waals surface area contributed by atoms with E-state index < -0.39 is 17.9 Å². The summed E-state index contributed by atoms with van der Waals surface area (Å²) in [6, 6.07) is 8.65. The van der Waals surface area contributed by atoms with E-state index in [0.717, 1.165) is 18.4 Å². The van der Waals surface area contributed by atoms with Gasteiger partial charge in [0.05, 0.1) is 5.92 Å². The lowest BCUT2D eigenvalue weighted by atomic mass is 10.00. The summed E-state index contributed by atoms with van der Waals surface area (Å²) >= 11 is 0. The molecule has 128 valence electrons. The maximum atomic E-state index is 13.1. The van der Waals surface area contributed by atoms with Gasteiger partial charge in [0.25, 0.3) is 0 Å². The fourth-order valence-electron chi connectivity index (χ4n) is 3.53. The van der Waals surface area contributed by atoms with Gasteiger partial charge in [-0.2, -0.15) is 0 Å². The highest BCUT2D eigenvalue weighted by molar-refractivity contribution is 5.89. The molecule has 2 aliphatic heterocycles. The Labute approximate surface area is 141 Å². The molecule has 0 spiro atoms. The molecule has 6 nitrogen and oxygen atoms in total. The fraction of sp³-hybridized carbons (Fsp3) is 0.500. The van der Waals surface area contributed by atoms with Gasteiger partial charge in [-0.3, -0.25) is 14.4 Å². The second-order valence-corrected chi connectivity index (χ2v) is 6.47. The molecule has 6 heteroatoms. The first-order valence-electron chi connectivity index (χ1n) is 8.44. The van der Waals surface area contributed by atoms with Gasteiger partial charge < -0.3 is 14.9 Å². The van der Waals surface area contributed by atoms with Gasteiger partial charge in [0.1, 0.15) is 6.04 Å². The molecule has 0 aromatic heterocycles. The molecule has 0 saturated carbocycles. The molecular weight excluding hydrogens is 308 g/mol. The molecule has 3 rings (SSSR count). The van der Waals surface area contributed by atoms with Crippen LogP contribution in [0.15, 0.2) is 30.3 Å². The van der Waals surface area contributed by atoms with Crippen LogP contribution in [0.1, 0.15) is 37.3 Å². The summed E-state index contributed by atoms with van der Waals surface area (Å²) in [7, 11) is 0. The van der Waals surface area contributed by atoms with Crippen LogP contribution in [0.3, 0.4) is 0 Å². The fourth-order valence-corrected chi connectivity index (χ4v) is 3.53. The van der Waals surface area contributed by atoms with Gasteiger partial charge in [-0.1, -0.05) is 30.3 Å². The zero-order valence-electron chi connectivity index (χ0n) is 13.6. The van der Waals surface area contributed by atoms with E-state index in [0.29, 0.717) is 25.9 Å². The molecule has 24 heavy (non-hydrogen) atoms. The van der Waals surface area contributed by atoms with E-state index in [9.17, 15) is 14.4 Å². The average molecular weight is 330 g/mol. The number of amides is 2. The molecule has 1 aromatic carbocycles. The van der Waals surface area contributed by atoms with Crippen molar-refractivity contribution in [3.8, 4) is 0 Å². The highest BCUT2D eigenvalue weighted by atomic mass is 16.4. The van der Waals surface area contributed by atoms with Gasteiger partial charge in [-0.15, -0.1) is 0 Å². The van der Waals surface area contributed by atoms with Crippen molar-refractivity contribution in [2.75, 3.05) is 19.6 Å². The number of carboxylic acid groups (broad SMARTS) is 1. The highest BCUT2D eigenvalue weighted by Gasteiger charge is 2.39. The Hall–Kier alpha value is -2.37. The minimum Gasteiger partial charge on any atom is -0.481 e. The molecule has 2 aliphatic rings. The largest absolute Gasteiger partial charge is 0.481 e. The zero-order valence-corrected chi connectivity index (χ0v) is 13.6. The van der Waals surface area contributed by atoms with Gasteiger partial charge >= 0.3 is 5.97 Å². The van der Waals surface area contributed by atoms with Crippen molar-refractivity contribution >= 4 is 17.8 Å². The second-order valence-electron chi connectivity index (χ2n) is 6.47. The lowest BCUT2D eigenvalue weighted by Gasteiger charge is -2.36. The van der Waals surface area contributed by atoms with Crippen LogP contribution in [-0.2, 0) is 14.4 Å². The quantitative estimate of drug-likeness (QED) is 0.911. The molecule has 0 radical (unpaired) electrons. The third-order valence-electron chi connectivity index (χ3n) is 4.87. The Kier molecular flexibility index (Phi) is 4.83. The summed E-state index contributed by atoms with van der Waals surface area (Å²) in [6.45, 7) is 1.22. The first kappa shape index (κ1) is 16.5. The van der Waals surface area contributed by atoms with Crippen LogP contribution in [0.4, 0.5) is 0 Å². The molecule has 2 atom stereocenters. The Morgan fingerprint density at radius 3 is 2.50 bits per heavy atom. The highest BCUT2D eigenvalue weighted by Crippen LogP contribution is 2.29. The third kappa shape index (κ3) is 3.27. The molecular formula is C18H22N2O4. The van der Waals surface area contributed by atoms with Crippen LogP contribution < -0.4 is 0 Å². The van der Waals surface area contributed by atoms with Gasteiger partial charge in [0, 0.05) is 26.1 Å². The van der Waals surface area contributed by atoms with Crippen molar-refractivity contribution in [1.29, 1.82) is 0 Å². The smallest absolute Gasteiger partial charge is 0.308 e. The van der Waals surface area contributed by atoms with Crippen molar-refractivity contribution < 1.29 is 19.5 Å². The van der Waals surface area contributed by atoms with E-state index >= 15 is 0 Å². The van der Waals surface area contributed by atoms with Crippen LogP contribution in [0.2, 0.25) is 0 Å². The van der Waals surface area contributed by atoms with E-state index in [2.05, 4.69) is 0 Å². The Balaban J connectivity index is 1.86. The maximum absolute atomic E-state index is 13.1. The second kappa shape index (κ2) is 7.03. The van der Waals surface area contributed by atoms with Gasteiger partial charge in [-0.05, 0) is 24.8 Å². The van der Waals surface area contributed by atoms with Crippen molar-refractivity contribution in [3.05, 3.63) is 35.9 Å². The summed E-state index contributed by atoms with van der Waals surface area (Å²) in [5.41, 5.74) is 0.788. The Bertz CT molecular complexity index is 631. The van der Waals surface area contributed by atoms with Crippen molar-refractivity contribution in [2.45, 2.75) is 31.7 Å². The number of aliphatic carboxylic acids is 1. The minimum absolute atomic E-state index is 0.00238. The van der Waals surface area contributed by atoms with Crippen LogP contribution in [-0.4, -0.2) is 52.3 Å². The molecule has 0 aliphatic carbocycles. The number of hydrogen-bond donors (Lipinski definition) is 1. The summed E-state index contributed by atoms with van der Waals surface area (Å²) in [6.07, 6.45) is 2.68. The SMILES string of the molecule is O=C(O)[C@H]1CCN(C(=O)[C@H](c2ccccc2)N2CCCCC2=O)C1. The molecule has 2 saturated heterocycles. The number of likely N-dealkylation sites (tertiary alicyclic amines) is 2. The summed E-state index contributed by atoms with van der Waals surface area (Å²) in [4.78, 5) is 39.9. The predicted octanol–water partition coefficient (Wildman–Crippen LogP) is 1.67. The number of nitrogens with zero attached hydrogens (tertiary/aromatic N) is 2. The van der Waals surface area contributed by atoms with E-state index in [1.54, 1.807) is 9.80 Å². The van der Waals surface area contributed by atoms with Gasteiger partial charge in [-0.25, -0.2) is 0 Å². The van der Waals surface area contributed by atoms with Crippen molar-refractivity contribution in [3.63, 3.8) is 0 Å². The van der Waals surface area contributed by atoms with E-state index in [1.807, 2.05) is 30.3 Å². The Morgan fingerprint density at radius 1 is 1.12 bits per heavy atom. The maximum Gasteiger partial charge on any atom is 0.308 e. The first-order valence-corrected chi connectivity index (χ1v) is 8.44. The van der Waals surface area contributed by atoms with E-state index in [1.165, 1.54) is 0 Å². The summed E-state index contributed by atoms with van der Waals surface area (Å²) < 4.78 is 0. The molecule has 2 fully saturated rings. The predicted molar refractivity (Wildman–Crippen MR) is 87.1 cm³/mol. The topological polar surface area (TPSA) is 77.9 Å². The van der Waals surface area contributed by atoms with Crippen LogP contribution in [0.5, 0.6) is 0 Å².